The summed E-state index contributed by atoms with van der Waals surface area (Å²) >= 11 is 0. The Kier molecular flexibility index (Phi) is 6.33. The molecule has 0 heterocycles. The van der Waals surface area contributed by atoms with Crippen LogP contribution < -0.4 is 20.5 Å². The molecule has 30 heavy (non-hydrogen) atoms. The molecule has 0 aromatic heterocycles. The first-order chi connectivity index (χ1) is 14.3. The van der Waals surface area contributed by atoms with Crippen molar-refractivity contribution in [3.63, 3.8) is 0 Å². The van der Waals surface area contributed by atoms with Gasteiger partial charge in [0.25, 0.3) is 10.0 Å². The van der Waals surface area contributed by atoms with Gasteiger partial charge in [-0.1, -0.05) is 54.1 Å². The van der Waals surface area contributed by atoms with Gasteiger partial charge in [0, 0.05) is 5.69 Å². The van der Waals surface area contributed by atoms with E-state index >= 15 is 0 Å². The molecule has 0 spiro atoms. The van der Waals surface area contributed by atoms with Crippen LogP contribution in [0.1, 0.15) is 5.56 Å². The molecular formula is C21H20N4O4S. The van der Waals surface area contributed by atoms with E-state index in [0.717, 1.165) is 10.6 Å². The van der Waals surface area contributed by atoms with E-state index in [1.54, 1.807) is 72.8 Å². The third-order valence-electron chi connectivity index (χ3n) is 4.01. The molecule has 0 atom stereocenters. The number of sulfonamides is 1. The van der Waals surface area contributed by atoms with Gasteiger partial charge >= 0.3 is 12.1 Å². The van der Waals surface area contributed by atoms with Gasteiger partial charge in [-0.25, -0.2) is 33.2 Å². The van der Waals surface area contributed by atoms with Crippen LogP contribution in [-0.2, 0) is 10.0 Å². The van der Waals surface area contributed by atoms with Crippen LogP contribution >= 0.6 is 0 Å². The smallest absolute Gasteiger partial charge is 0.306 e. The van der Waals surface area contributed by atoms with E-state index < -0.39 is 22.1 Å². The predicted octanol–water partition coefficient (Wildman–Crippen LogP) is 3.64. The molecule has 4 amide bonds. The third-order valence-corrected chi connectivity index (χ3v) is 5.36. The van der Waals surface area contributed by atoms with Gasteiger partial charge in [-0.2, -0.15) is 0 Å². The van der Waals surface area contributed by atoms with E-state index in [-0.39, 0.29) is 4.90 Å². The summed E-state index contributed by atoms with van der Waals surface area (Å²) in [6.45, 7) is 1.82. The van der Waals surface area contributed by atoms with Crippen molar-refractivity contribution in [3.05, 3.63) is 90.5 Å². The fraction of sp³-hybridized carbons (Fsp3) is 0.0476. The molecule has 3 aromatic rings. The van der Waals surface area contributed by atoms with E-state index in [9.17, 15) is 18.0 Å². The van der Waals surface area contributed by atoms with Gasteiger partial charge in [-0.15, -0.1) is 0 Å². The summed E-state index contributed by atoms with van der Waals surface area (Å²) in [4.78, 5) is 25.1. The molecule has 3 aromatic carbocycles. The summed E-state index contributed by atoms with van der Waals surface area (Å²) in [6.07, 6.45) is 0. The zero-order chi connectivity index (χ0) is 21.6. The summed E-state index contributed by atoms with van der Waals surface area (Å²) in [5, 5.41) is 3.57. The third kappa shape index (κ3) is 5.36. The Morgan fingerprint density at radius 3 is 1.97 bits per heavy atom. The lowest BCUT2D eigenvalue weighted by Crippen LogP contribution is -2.53. The zero-order valence-electron chi connectivity index (χ0n) is 16.1. The van der Waals surface area contributed by atoms with Crippen LogP contribution in [0.2, 0.25) is 0 Å². The molecule has 0 aliphatic heterocycles. The summed E-state index contributed by atoms with van der Waals surface area (Å²) in [6, 6.07) is 21.2. The number of amides is 4. The SMILES string of the molecule is Cc1ccc(S(=O)(=O)NC(=O)NN(C(=O)Nc2ccccc2)c2ccccc2)cc1. The normalized spacial score (nSPS) is 10.7. The molecule has 0 bridgehead atoms. The Hall–Kier alpha value is -3.85. The number of urea groups is 2. The van der Waals surface area contributed by atoms with Gasteiger partial charge in [-0.3, -0.25) is 0 Å². The average molecular weight is 424 g/mol. The molecule has 0 fully saturated rings. The maximum atomic E-state index is 12.7. The molecule has 154 valence electrons. The molecule has 0 aliphatic rings. The van der Waals surface area contributed by atoms with E-state index in [2.05, 4.69) is 10.7 Å². The molecule has 8 nitrogen and oxygen atoms in total. The first-order valence-corrected chi connectivity index (χ1v) is 10.4. The number of carbonyl (C=O) groups excluding carboxylic acids is 2. The lowest BCUT2D eigenvalue weighted by atomic mass is 10.2. The number of anilines is 2. The van der Waals surface area contributed by atoms with Crippen LogP contribution in [0.15, 0.2) is 89.8 Å². The van der Waals surface area contributed by atoms with Crippen LogP contribution in [0.4, 0.5) is 21.0 Å². The average Bonchev–Trinajstić information content (AvgIpc) is 2.73. The maximum absolute atomic E-state index is 12.7. The van der Waals surface area contributed by atoms with Crippen molar-refractivity contribution < 1.29 is 18.0 Å². The van der Waals surface area contributed by atoms with Crippen LogP contribution in [0, 0.1) is 6.92 Å². The second-order valence-electron chi connectivity index (χ2n) is 6.33. The highest BCUT2D eigenvalue weighted by atomic mass is 32.2. The van der Waals surface area contributed by atoms with Gasteiger partial charge < -0.3 is 5.32 Å². The number of nitrogens with one attached hydrogen (secondary N) is 3. The van der Waals surface area contributed by atoms with Crippen molar-refractivity contribution in [2.24, 2.45) is 0 Å². The molecule has 0 saturated carbocycles. The number of hydrazine groups is 1. The number of carbonyl (C=O) groups is 2. The number of hydrogen-bond acceptors (Lipinski definition) is 4. The fourth-order valence-electron chi connectivity index (χ4n) is 2.53. The number of hydrogen-bond donors (Lipinski definition) is 3. The molecule has 9 heteroatoms. The molecule has 0 aliphatic carbocycles. The number of rotatable bonds is 4. The minimum Gasteiger partial charge on any atom is -0.306 e. The van der Waals surface area contributed by atoms with Crippen LogP contribution in [0.25, 0.3) is 0 Å². The number of para-hydroxylation sites is 2. The Morgan fingerprint density at radius 1 is 0.800 bits per heavy atom. The summed E-state index contributed by atoms with van der Waals surface area (Å²) < 4.78 is 26.8. The van der Waals surface area contributed by atoms with E-state index in [1.807, 2.05) is 11.6 Å². The van der Waals surface area contributed by atoms with Crippen LogP contribution in [-0.4, -0.2) is 20.5 Å². The highest BCUT2D eigenvalue weighted by molar-refractivity contribution is 7.90. The highest BCUT2D eigenvalue weighted by Crippen LogP contribution is 2.14. The molecule has 0 saturated heterocycles. The first-order valence-electron chi connectivity index (χ1n) is 8.96. The van der Waals surface area contributed by atoms with Gasteiger partial charge in [-0.05, 0) is 43.3 Å². The fourth-order valence-corrected chi connectivity index (χ4v) is 3.44. The first kappa shape index (κ1) is 20.9. The number of benzene rings is 3. The van der Waals surface area contributed by atoms with Gasteiger partial charge in [0.2, 0.25) is 0 Å². The minimum absolute atomic E-state index is 0.0664. The molecular weight excluding hydrogens is 404 g/mol. The number of aryl methyl sites for hydroxylation is 1. The summed E-state index contributed by atoms with van der Waals surface area (Å²) in [7, 11) is -4.11. The van der Waals surface area contributed by atoms with Crippen molar-refractivity contribution in [3.8, 4) is 0 Å². The zero-order valence-corrected chi connectivity index (χ0v) is 16.9. The Balaban J connectivity index is 1.78. The van der Waals surface area contributed by atoms with Crippen molar-refractivity contribution in [1.29, 1.82) is 0 Å². The van der Waals surface area contributed by atoms with Crippen molar-refractivity contribution in [2.45, 2.75) is 11.8 Å². The quantitative estimate of drug-likeness (QED) is 0.556. The maximum Gasteiger partial charge on any atom is 0.347 e. The van der Waals surface area contributed by atoms with Gasteiger partial charge in [0.1, 0.15) is 0 Å². The van der Waals surface area contributed by atoms with Gasteiger partial charge in [0.05, 0.1) is 10.6 Å². The summed E-state index contributed by atoms with van der Waals surface area (Å²) in [5.74, 6) is 0. The lowest BCUT2D eigenvalue weighted by Gasteiger charge is -2.23. The summed E-state index contributed by atoms with van der Waals surface area (Å²) in [5.41, 5.74) is 4.02. The largest absolute Gasteiger partial charge is 0.347 e. The van der Waals surface area contributed by atoms with Crippen LogP contribution in [0.3, 0.4) is 0 Å². The molecule has 3 N–H and O–H groups in total. The second kappa shape index (κ2) is 9.10. The second-order valence-corrected chi connectivity index (χ2v) is 8.01. The number of nitrogens with zero attached hydrogens (tertiary/aromatic N) is 1. The van der Waals surface area contributed by atoms with E-state index in [4.69, 9.17) is 0 Å². The molecule has 0 radical (unpaired) electrons. The Labute approximate surface area is 174 Å². The van der Waals surface area contributed by atoms with Crippen molar-refractivity contribution >= 4 is 33.5 Å². The highest BCUT2D eigenvalue weighted by Gasteiger charge is 2.22. The van der Waals surface area contributed by atoms with Crippen LogP contribution in [0.5, 0.6) is 0 Å². The van der Waals surface area contributed by atoms with E-state index in [1.165, 1.54) is 12.1 Å². The van der Waals surface area contributed by atoms with Crippen molar-refractivity contribution in [2.75, 3.05) is 10.3 Å². The topological polar surface area (TPSA) is 108 Å². The van der Waals surface area contributed by atoms with Gasteiger partial charge in [0.15, 0.2) is 0 Å². The lowest BCUT2D eigenvalue weighted by molar-refractivity contribution is 0.239. The molecule has 0 unspecified atom stereocenters. The molecule has 3 rings (SSSR count). The minimum atomic E-state index is -4.11. The predicted molar refractivity (Wildman–Crippen MR) is 114 cm³/mol. The Bertz CT molecular complexity index is 1120. The van der Waals surface area contributed by atoms with E-state index in [0.29, 0.717) is 11.4 Å². The monoisotopic (exact) mass is 424 g/mol. The standard InChI is InChI=1S/C21H20N4O4S/c1-16-12-14-19(15-13-16)30(28,29)24-20(26)23-25(18-10-6-3-7-11-18)21(27)22-17-8-4-2-5-9-17/h2-15H,1H3,(H,22,27)(H2,23,24,26). The Morgan fingerprint density at radius 2 is 1.37 bits per heavy atom. The van der Waals surface area contributed by atoms with Crippen molar-refractivity contribution in [1.82, 2.24) is 10.1 Å².